The van der Waals surface area contributed by atoms with Gasteiger partial charge in [-0.05, 0) is 53.7 Å². The van der Waals surface area contributed by atoms with Crippen molar-refractivity contribution in [1.29, 1.82) is 0 Å². The van der Waals surface area contributed by atoms with E-state index in [2.05, 4.69) is 10.6 Å². The lowest BCUT2D eigenvalue weighted by atomic mass is 10.1. The molecule has 1 fully saturated rings. The molecule has 0 aliphatic carbocycles. The van der Waals surface area contributed by atoms with Crippen LogP contribution in [0.4, 0.5) is 0 Å². The highest BCUT2D eigenvalue weighted by Gasteiger charge is 2.20. The molecule has 1 aliphatic heterocycles. The minimum Gasteiger partial charge on any atom is -0.493 e. The number of carbonyl (C=O) groups is 1. The second-order valence-electron chi connectivity index (χ2n) is 5.29. The Balaban J connectivity index is 1.75. The quantitative estimate of drug-likeness (QED) is 0.621. The molecule has 1 amide bonds. The van der Waals surface area contributed by atoms with Gasteiger partial charge >= 0.3 is 0 Å². The second kappa shape index (κ2) is 7.55. The number of rotatable bonds is 5. The van der Waals surface area contributed by atoms with Crippen LogP contribution >= 0.6 is 23.8 Å². The molecule has 2 N–H and O–H groups in total. The maximum atomic E-state index is 11.7. The van der Waals surface area contributed by atoms with E-state index in [9.17, 15) is 4.79 Å². The van der Waals surface area contributed by atoms with Crippen molar-refractivity contribution < 1.29 is 14.3 Å². The number of methoxy groups -OCH3 is 1. The number of halogens is 1. The van der Waals surface area contributed by atoms with Gasteiger partial charge in [0.15, 0.2) is 16.6 Å². The van der Waals surface area contributed by atoms with Crippen molar-refractivity contribution in [2.45, 2.75) is 6.61 Å². The molecule has 0 unspecified atom stereocenters. The van der Waals surface area contributed by atoms with Crippen LogP contribution in [0.2, 0.25) is 5.02 Å². The van der Waals surface area contributed by atoms with Gasteiger partial charge in [0, 0.05) is 5.02 Å². The summed E-state index contributed by atoms with van der Waals surface area (Å²) in [5, 5.41) is 6.30. The first-order valence-electron chi connectivity index (χ1n) is 7.44. The zero-order valence-corrected chi connectivity index (χ0v) is 14.9. The Kier molecular flexibility index (Phi) is 5.21. The van der Waals surface area contributed by atoms with Crippen molar-refractivity contribution in [2.75, 3.05) is 7.11 Å². The number of thiocarbonyl (C=S) groups is 1. The number of amides is 1. The number of carbonyl (C=O) groups excluding carboxylic acids is 1. The SMILES string of the molecule is COc1cc(/C=C2/NC(=S)NC2=O)ccc1OCc1ccc(Cl)cc1. The summed E-state index contributed by atoms with van der Waals surface area (Å²) in [6.07, 6.45) is 1.69. The van der Waals surface area contributed by atoms with Gasteiger partial charge in [0.05, 0.1) is 7.11 Å². The Morgan fingerprint density at radius 1 is 1.12 bits per heavy atom. The molecule has 3 rings (SSSR count). The number of benzene rings is 2. The molecule has 128 valence electrons. The fraction of sp³-hybridized carbons (Fsp3) is 0.111. The molecule has 0 aromatic heterocycles. The molecule has 1 aliphatic rings. The van der Waals surface area contributed by atoms with Gasteiger partial charge in [-0.3, -0.25) is 10.1 Å². The zero-order valence-electron chi connectivity index (χ0n) is 13.3. The molecule has 0 spiro atoms. The van der Waals surface area contributed by atoms with E-state index in [1.807, 2.05) is 30.3 Å². The van der Waals surface area contributed by atoms with Crippen LogP contribution < -0.4 is 20.1 Å². The third kappa shape index (κ3) is 4.29. The van der Waals surface area contributed by atoms with Gasteiger partial charge in [-0.1, -0.05) is 29.8 Å². The van der Waals surface area contributed by atoms with Gasteiger partial charge in [-0.25, -0.2) is 0 Å². The van der Waals surface area contributed by atoms with Gasteiger partial charge in [0.2, 0.25) is 0 Å². The van der Waals surface area contributed by atoms with Gasteiger partial charge in [0.1, 0.15) is 12.3 Å². The largest absolute Gasteiger partial charge is 0.493 e. The van der Waals surface area contributed by atoms with E-state index in [1.165, 1.54) is 0 Å². The monoisotopic (exact) mass is 374 g/mol. The lowest BCUT2D eigenvalue weighted by molar-refractivity contribution is -0.115. The first-order chi connectivity index (χ1) is 12.0. The van der Waals surface area contributed by atoms with Crippen LogP contribution in [0.15, 0.2) is 48.2 Å². The zero-order chi connectivity index (χ0) is 17.8. The molecule has 7 heteroatoms. The molecular formula is C18H15ClN2O3S. The summed E-state index contributed by atoms with van der Waals surface area (Å²) in [5.41, 5.74) is 2.18. The Morgan fingerprint density at radius 2 is 1.88 bits per heavy atom. The van der Waals surface area contributed by atoms with Crippen LogP contribution in [0.1, 0.15) is 11.1 Å². The topological polar surface area (TPSA) is 59.6 Å². The minimum absolute atomic E-state index is 0.257. The molecule has 5 nitrogen and oxygen atoms in total. The minimum atomic E-state index is -0.257. The molecule has 0 radical (unpaired) electrons. The summed E-state index contributed by atoms with van der Waals surface area (Å²) in [5.74, 6) is 0.926. The number of nitrogens with one attached hydrogen (secondary N) is 2. The summed E-state index contributed by atoms with van der Waals surface area (Å²) < 4.78 is 11.2. The van der Waals surface area contributed by atoms with Crippen molar-refractivity contribution >= 4 is 40.9 Å². The molecule has 0 saturated carbocycles. The van der Waals surface area contributed by atoms with E-state index in [4.69, 9.17) is 33.3 Å². The average molecular weight is 375 g/mol. The maximum Gasteiger partial charge on any atom is 0.273 e. The predicted octanol–water partition coefficient (Wildman–Crippen LogP) is 3.27. The lowest BCUT2D eigenvalue weighted by Crippen LogP contribution is -2.21. The molecule has 0 bridgehead atoms. The molecule has 1 heterocycles. The van der Waals surface area contributed by atoms with Crippen LogP contribution in [0.5, 0.6) is 11.5 Å². The normalized spacial score (nSPS) is 15.0. The average Bonchev–Trinajstić information content (AvgIpc) is 2.92. The Bertz CT molecular complexity index is 850. The van der Waals surface area contributed by atoms with E-state index in [1.54, 1.807) is 25.3 Å². The molecule has 2 aromatic carbocycles. The highest BCUT2D eigenvalue weighted by molar-refractivity contribution is 7.80. The van der Waals surface area contributed by atoms with Crippen molar-refractivity contribution in [3.05, 3.63) is 64.3 Å². The number of ether oxygens (including phenoxy) is 2. The van der Waals surface area contributed by atoms with Crippen molar-refractivity contribution in [3.63, 3.8) is 0 Å². The van der Waals surface area contributed by atoms with Crippen LogP contribution in [-0.4, -0.2) is 18.1 Å². The molecule has 1 saturated heterocycles. The van der Waals surface area contributed by atoms with Gasteiger partial charge in [-0.15, -0.1) is 0 Å². The van der Waals surface area contributed by atoms with Crippen molar-refractivity contribution in [2.24, 2.45) is 0 Å². The predicted molar refractivity (Wildman–Crippen MR) is 101 cm³/mol. The van der Waals surface area contributed by atoms with Crippen LogP contribution in [0, 0.1) is 0 Å². The lowest BCUT2D eigenvalue weighted by Gasteiger charge is -2.11. The van der Waals surface area contributed by atoms with Crippen LogP contribution in [0.3, 0.4) is 0 Å². The first-order valence-corrected chi connectivity index (χ1v) is 8.23. The fourth-order valence-corrected chi connectivity index (χ4v) is 2.61. The van der Waals surface area contributed by atoms with Gasteiger partial charge in [-0.2, -0.15) is 0 Å². The second-order valence-corrected chi connectivity index (χ2v) is 6.14. The highest BCUT2D eigenvalue weighted by atomic mass is 35.5. The highest BCUT2D eigenvalue weighted by Crippen LogP contribution is 2.29. The molecular weight excluding hydrogens is 360 g/mol. The summed E-state index contributed by atoms with van der Waals surface area (Å²) in [4.78, 5) is 11.7. The fourth-order valence-electron chi connectivity index (χ4n) is 2.28. The third-order valence-electron chi connectivity index (χ3n) is 3.53. The summed E-state index contributed by atoms with van der Waals surface area (Å²) in [7, 11) is 1.57. The maximum absolute atomic E-state index is 11.7. The molecule has 25 heavy (non-hydrogen) atoms. The summed E-state index contributed by atoms with van der Waals surface area (Å²) in [6, 6.07) is 12.9. The Labute approximate surface area is 155 Å². The standard InChI is InChI=1S/C18H15ClN2O3S/c1-23-16-9-12(8-14-17(22)21-18(25)20-14)4-7-15(16)24-10-11-2-5-13(19)6-3-11/h2-9H,10H2,1H3,(H2,20,21,22,25)/b14-8+. The summed E-state index contributed by atoms with van der Waals surface area (Å²) >= 11 is 10.8. The van der Waals surface area contributed by atoms with Gasteiger partial charge in [0.25, 0.3) is 5.91 Å². The Morgan fingerprint density at radius 3 is 2.52 bits per heavy atom. The van der Waals surface area contributed by atoms with E-state index >= 15 is 0 Å². The first kappa shape index (κ1) is 17.3. The van der Waals surface area contributed by atoms with E-state index in [0.717, 1.165) is 11.1 Å². The number of hydrogen-bond donors (Lipinski definition) is 2. The smallest absolute Gasteiger partial charge is 0.273 e. The number of hydrogen-bond acceptors (Lipinski definition) is 4. The van der Waals surface area contributed by atoms with E-state index in [-0.39, 0.29) is 5.91 Å². The molecule has 0 atom stereocenters. The Hall–Kier alpha value is -2.57. The van der Waals surface area contributed by atoms with Crippen molar-refractivity contribution in [3.8, 4) is 11.5 Å². The third-order valence-corrected chi connectivity index (χ3v) is 3.98. The van der Waals surface area contributed by atoms with Crippen LogP contribution in [-0.2, 0) is 11.4 Å². The van der Waals surface area contributed by atoms with Gasteiger partial charge < -0.3 is 14.8 Å². The summed E-state index contributed by atoms with van der Waals surface area (Å²) in [6.45, 7) is 0.395. The molecule has 2 aromatic rings. The van der Waals surface area contributed by atoms with Crippen molar-refractivity contribution in [1.82, 2.24) is 10.6 Å². The van der Waals surface area contributed by atoms with E-state index < -0.39 is 0 Å². The van der Waals surface area contributed by atoms with Crippen LogP contribution in [0.25, 0.3) is 6.08 Å². The van der Waals surface area contributed by atoms with E-state index in [0.29, 0.717) is 33.9 Å².